The van der Waals surface area contributed by atoms with Crippen molar-refractivity contribution in [1.82, 2.24) is 9.97 Å². The quantitative estimate of drug-likeness (QED) is 0.946. The number of nitrogens with zero attached hydrogens (tertiary/aromatic N) is 2. The van der Waals surface area contributed by atoms with E-state index in [1.54, 1.807) is 0 Å². The van der Waals surface area contributed by atoms with E-state index in [1.165, 1.54) is 30.8 Å². The SMILES string of the molecule is COc1nccnc1C(O)c1cc(Br)c(C)s1. The van der Waals surface area contributed by atoms with Crippen LogP contribution >= 0.6 is 27.3 Å². The highest BCUT2D eigenvalue weighted by atomic mass is 79.9. The minimum absolute atomic E-state index is 0.349. The fraction of sp³-hybridized carbons (Fsp3) is 0.273. The summed E-state index contributed by atoms with van der Waals surface area (Å²) in [5.74, 6) is 0.349. The average Bonchev–Trinajstić information content (AvgIpc) is 2.68. The second-order valence-electron chi connectivity index (χ2n) is 3.41. The Morgan fingerprint density at radius 1 is 1.41 bits per heavy atom. The summed E-state index contributed by atoms with van der Waals surface area (Å²) in [6.45, 7) is 1.98. The second kappa shape index (κ2) is 5.12. The minimum Gasteiger partial charge on any atom is -0.480 e. The van der Waals surface area contributed by atoms with E-state index in [0.29, 0.717) is 11.6 Å². The van der Waals surface area contributed by atoms with Gasteiger partial charge in [0, 0.05) is 26.6 Å². The van der Waals surface area contributed by atoms with Gasteiger partial charge in [0.15, 0.2) is 0 Å². The van der Waals surface area contributed by atoms with Gasteiger partial charge in [0.25, 0.3) is 0 Å². The standard InChI is InChI=1S/C11H11BrN2O2S/c1-6-7(12)5-8(17-6)10(15)9-11(16-2)14-4-3-13-9/h3-5,10,15H,1-2H3. The maximum Gasteiger partial charge on any atom is 0.238 e. The maximum atomic E-state index is 10.2. The van der Waals surface area contributed by atoms with Crippen molar-refractivity contribution in [2.24, 2.45) is 0 Å². The number of ether oxygens (including phenoxy) is 1. The van der Waals surface area contributed by atoms with Gasteiger partial charge in [-0.15, -0.1) is 11.3 Å². The normalized spacial score (nSPS) is 12.5. The van der Waals surface area contributed by atoms with Gasteiger partial charge < -0.3 is 9.84 Å². The van der Waals surface area contributed by atoms with E-state index >= 15 is 0 Å². The zero-order valence-corrected chi connectivity index (χ0v) is 11.7. The fourth-order valence-corrected chi connectivity index (χ4v) is 2.98. The van der Waals surface area contributed by atoms with Gasteiger partial charge in [-0.3, -0.25) is 4.98 Å². The van der Waals surface area contributed by atoms with Crippen molar-refractivity contribution < 1.29 is 9.84 Å². The molecule has 0 bridgehead atoms. The molecule has 0 amide bonds. The highest BCUT2D eigenvalue weighted by Gasteiger charge is 2.20. The van der Waals surface area contributed by atoms with Crippen molar-refractivity contribution in [2.45, 2.75) is 13.0 Å². The fourth-order valence-electron chi connectivity index (χ4n) is 1.43. The smallest absolute Gasteiger partial charge is 0.238 e. The molecular weight excluding hydrogens is 304 g/mol. The van der Waals surface area contributed by atoms with Crippen LogP contribution < -0.4 is 4.74 Å². The molecule has 17 heavy (non-hydrogen) atoms. The van der Waals surface area contributed by atoms with Crippen LogP contribution in [0.1, 0.15) is 21.6 Å². The lowest BCUT2D eigenvalue weighted by Gasteiger charge is -2.10. The Kier molecular flexibility index (Phi) is 3.76. The summed E-state index contributed by atoms with van der Waals surface area (Å²) in [7, 11) is 1.51. The van der Waals surface area contributed by atoms with Crippen LogP contribution in [-0.2, 0) is 0 Å². The van der Waals surface area contributed by atoms with Gasteiger partial charge in [0.2, 0.25) is 5.88 Å². The van der Waals surface area contributed by atoms with E-state index in [9.17, 15) is 5.11 Å². The lowest BCUT2D eigenvalue weighted by molar-refractivity contribution is 0.211. The number of aromatic nitrogens is 2. The zero-order chi connectivity index (χ0) is 12.4. The molecule has 0 aliphatic heterocycles. The Labute approximate surface area is 111 Å². The number of thiophene rings is 1. The third kappa shape index (κ3) is 2.48. The van der Waals surface area contributed by atoms with Crippen LogP contribution in [0.3, 0.4) is 0 Å². The second-order valence-corrected chi connectivity index (χ2v) is 5.55. The summed E-state index contributed by atoms with van der Waals surface area (Å²) in [6, 6.07) is 1.89. The van der Waals surface area contributed by atoms with Crippen molar-refractivity contribution in [3.8, 4) is 5.88 Å². The summed E-state index contributed by atoms with van der Waals surface area (Å²) in [5, 5.41) is 10.2. The number of methoxy groups -OCH3 is 1. The Bertz CT molecular complexity index is 510. The molecule has 0 radical (unpaired) electrons. The molecule has 0 saturated heterocycles. The molecule has 2 rings (SSSR count). The average molecular weight is 315 g/mol. The van der Waals surface area contributed by atoms with E-state index < -0.39 is 6.10 Å². The Balaban J connectivity index is 2.39. The first-order valence-electron chi connectivity index (χ1n) is 4.92. The molecule has 1 atom stereocenters. The number of aliphatic hydroxyl groups is 1. The molecule has 2 aromatic rings. The molecule has 0 aliphatic rings. The van der Waals surface area contributed by atoms with Crippen molar-refractivity contribution in [1.29, 1.82) is 0 Å². The highest BCUT2D eigenvalue weighted by Crippen LogP contribution is 2.34. The molecule has 6 heteroatoms. The predicted octanol–water partition coefficient (Wildman–Crippen LogP) is 2.70. The van der Waals surface area contributed by atoms with Crippen LogP contribution in [0.2, 0.25) is 0 Å². The van der Waals surface area contributed by atoms with Gasteiger partial charge in [-0.2, -0.15) is 0 Å². The molecule has 2 heterocycles. The summed E-state index contributed by atoms with van der Waals surface area (Å²) in [4.78, 5) is 10.1. The van der Waals surface area contributed by atoms with Gasteiger partial charge in [-0.05, 0) is 28.9 Å². The summed E-state index contributed by atoms with van der Waals surface area (Å²) in [5.41, 5.74) is 0.434. The molecule has 2 aromatic heterocycles. The lowest BCUT2D eigenvalue weighted by atomic mass is 10.2. The predicted molar refractivity (Wildman–Crippen MR) is 69.4 cm³/mol. The number of rotatable bonds is 3. The maximum absolute atomic E-state index is 10.2. The summed E-state index contributed by atoms with van der Waals surface area (Å²) in [6.07, 6.45) is 2.26. The van der Waals surface area contributed by atoms with Crippen LogP contribution in [0.4, 0.5) is 0 Å². The first-order chi connectivity index (χ1) is 8.13. The monoisotopic (exact) mass is 314 g/mol. The third-order valence-electron chi connectivity index (χ3n) is 2.29. The van der Waals surface area contributed by atoms with E-state index in [1.807, 2.05) is 13.0 Å². The van der Waals surface area contributed by atoms with E-state index in [2.05, 4.69) is 25.9 Å². The van der Waals surface area contributed by atoms with Crippen molar-refractivity contribution in [3.05, 3.63) is 38.4 Å². The molecule has 90 valence electrons. The van der Waals surface area contributed by atoms with Gasteiger partial charge in [0.05, 0.1) is 7.11 Å². The Morgan fingerprint density at radius 2 is 2.12 bits per heavy atom. The van der Waals surface area contributed by atoms with Crippen LogP contribution in [0.15, 0.2) is 22.9 Å². The van der Waals surface area contributed by atoms with E-state index in [-0.39, 0.29) is 0 Å². The van der Waals surface area contributed by atoms with Crippen LogP contribution in [0, 0.1) is 6.92 Å². The Morgan fingerprint density at radius 3 is 2.71 bits per heavy atom. The summed E-state index contributed by atoms with van der Waals surface area (Å²) >= 11 is 4.94. The van der Waals surface area contributed by atoms with Crippen LogP contribution in [0.5, 0.6) is 5.88 Å². The lowest BCUT2D eigenvalue weighted by Crippen LogP contribution is -2.04. The van der Waals surface area contributed by atoms with Crippen molar-refractivity contribution in [2.75, 3.05) is 7.11 Å². The van der Waals surface area contributed by atoms with E-state index in [0.717, 1.165) is 14.2 Å². The first-order valence-corrected chi connectivity index (χ1v) is 6.53. The van der Waals surface area contributed by atoms with Gasteiger partial charge in [-0.25, -0.2) is 4.98 Å². The van der Waals surface area contributed by atoms with Crippen molar-refractivity contribution >= 4 is 27.3 Å². The number of aryl methyl sites for hydroxylation is 1. The summed E-state index contributed by atoms with van der Waals surface area (Å²) < 4.78 is 6.07. The number of hydrogen-bond acceptors (Lipinski definition) is 5. The molecular formula is C11H11BrN2O2S. The molecule has 0 spiro atoms. The van der Waals surface area contributed by atoms with Crippen LogP contribution in [0.25, 0.3) is 0 Å². The highest BCUT2D eigenvalue weighted by molar-refractivity contribution is 9.10. The largest absolute Gasteiger partial charge is 0.480 e. The number of hydrogen-bond donors (Lipinski definition) is 1. The molecule has 0 fully saturated rings. The molecule has 0 aliphatic carbocycles. The first kappa shape index (κ1) is 12.5. The molecule has 1 unspecified atom stereocenters. The molecule has 4 nitrogen and oxygen atoms in total. The van der Waals surface area contributed by atoms with Crippen LogP contribution in [-0.4, -0.2) is 22.2 Å². The zero-order valence-electron chi connectivity index (χ0n) is 9.35. The Hall–Kier alpha value is -0.980. The van der Waals surface area contributed by atoms with Gasteiger partial charge in [-0.1, -0.05) is 0 Å². The molecule has 1 N–H and O–H groups in total. The minimum atomic E-state index is -0.811. The van der Waals surface area contributed by atoms with Gasteiger partial charge in [0.1, 0.15) is 11.8 Å². The molecule has 0 saturated carbocycles. The number of aliphatic hydroxyl groups excluding tert-OH is 1. The molecule has 0 aromatic carbocycles. The van der Waals surface area contributed by atoms with E-state index in [4.69, 9.17) is 4.74 Å². The topological polar surface area (TPSA) is 55.2 Å². The third-order valence-corrected chi connectivity index (χ3v) is 4.48. The van der Waals surface area contributed by atoms with Crippen molar-refractivity contribution in [3.63, 3.8) is 0 Å². The van der Waals surface area contributed by atoms with Gasteiger partial charge >= 0.3 is 0 Å². The number of halogens is 1.